The van der Waals surface area contributed by atoms with Gasteiger partial charge in [-0.05, 0) is 27.2 Å². The van der Waals surface area contributed by atoms with Gasteiger partial charge in [0.2, 0.25) is 0 Å². The van der Waals surface area contributed by atoms with Crippen LogP contribution in [0.15, 0.2) is 23.4 Å². The first-order valence-electron chi connectivity index (χ1n) is 7.86. The van der Waals surface area contributed by atoms with Gasteiger partial charge in [-0.25, -0.2) is 0 Å². The Hall–Kier alpha value is -0.383. The van der Waals surface area contributed by atoms with Crippen LogP contribution in [-0.4, -0.2) is 33.0 Å². The Morgan fingerprint density at radius 1 is 1.40 bits per heavy atom. The summed E-state index contributed by atoms with van der Waals surface area (Å²) in [6, 6.07) is 2.52. The zero-order chi connectivity index (χ0) is 15.4. The second-order valence-electron chi connectivity index (χ2n) is 6.82. The largest absolute Gasteiger partial charge is 0.371 e. The Morgan fingerprint density at radius 2 is 1.95 bits per heavy atom. The molecule has 1 rings (SSSR count). The predicted molar refractivity (Wildman–Crippen MR) is 89.9 cm³/mol. The maximum Gasteiger partial charge on any atom is 0.104 e. The molecule has 1 aliphatic rings. The molecule has 1 atom stereocenters. The Labute approximate surface area is 126 Å². The molecule has 2 nitrogen and oxygen atoms in total. The van der Waals surface area contributed by atoms with E-state index in [1.165, 1.54) is 17.7 Å². The molecule has 20 heavy (non-hydrogen) atoms. The van der Waals surface area contributed by atoms with E-state index in [0.29, 0.717) is 6.10 Å². The van der Waals surface area contributed by atoms with E-state index in [0.717, 1.165) is 19.6 Å². The van der Waals surface area contributed by atoms with Gasteiger partial charge in [0.1, 0.15) is 6.10 Å². The summed E-state index contributed by atoms with van der Waals surface area (Å²) in [4.78, 5) is 0. The maximum atomic E-state index is 6.21. The van der Waals surface area contributed by atoms with E-state index in [-0.39, 0.29) is 5.60 Å². The highest BCUT2D eigenvalue weighted by Crippen LogP contribution is 2.35. The standard InChI is InChI=1S/C17H32O2Si/c1-8-20(7,9-2)16(11-10-14(3)4)17(5,6)19-13-15-12-18-15/h11,15H,3,8-10,12-13H2,1-2,4-7H3. The monoisotopic (exact) mass is 296 g/mol. The summed E-state index contributed by atoms with van der Waals surface area (Å²) >= 11 is 0. The molecule has 116 valence electrons. The van der Waals surface area contributed by atoms with E-state index in [1.807, 2.05) is 0 Å². The van der Waals surface area contributed by atoms with E-state index in [9.17, 15) is 0 Å². The second kappa shape index (κ2) is 7.06. The average molecular weight is 297 g/mol. The van der Waals surface area contributed by atoms with Crippen LogP contribution in [0.2, 0.25) is 18.6 Å². The number of rotatable bonds is 9. The van der Waals surface area contributed by atoms with Crippen molar-refractivity contribution in [3.63, 3.8) is 0 Å². The SMILES string of the molecule is C=C(C)CC=C(C(C)(C)OCC1CO1)[Si](C)(CC)CC. The van der Waals surface area contributed by atoms with Gasteiger partial charge < -0.3 is 9.47 Å². The molecule has 1 unspecified atom stereocenters. The number of ether oxygens (including phenoxy) is 2. The van der Waals surface area contributed by atoms with Gasteiger partial charge in [0.05, 0.1) is 26.9 Å². The van der Waals surface area contributed by atoms with E-state index < -0.39 is 8.07 Å². The molecule has 0 spiro atoms. The highest BCUT2D eigenvalue weighted by Gasteiger charge is 2.39. The third-order valence-electron chi connectivity index (χ3n) is 4.55. The quantitative estimate of drug-likeness (QED) is 0.348. The van der Waals surface area contributed by atoms with Crippen LogP contribution in [0.25, 0.3) is 0 Å². The van der Waals surface area contributed by atoms with Crippen LogP contribution in [0.1, 0.15) is 41.0 Å². The molecule has 0 radical (unpaired) electrons. The molecule has 0 aliphatic carbocycles. The van der Waals surface area contributed by atoms with E-state index >= 15 is 0 Å². The van der Waals surface area contributed by atoms with E-state index in [1.54, 1.807) is 5.20 Å². The molecule has 0 aromatic rings. The van der Waals surface area contributed by atoms with Gasteiger partial charge in [0, 0.05) is 0 Å². The zero-order valence-corrected chi connectivity index (χ0v) is 15.2. The number of hydrogen-bond acceptors (Lipinski definition) is 2. The molecule has 0 aromatic carbocycles. The molecule has 0 N–H and O–H groups in total. The van der Waals surface area contributed by atoms with Crippen molar-refractivity contribution in [3.05, 3.63) is 23.4 Å². The molecular formula is C17H32O2Si. The lowest BCUT2D eigenvalue weighted by Gasteiger charge is -2.39. The van der Waals surface area contributed by atoms with Crippen LogP contribution in [0, 0.1) is 0 Å². The molecule has 0 amide bonds. The van der Waals surface area contributed by atoms with E-state index in [4.69, 9.17) is 9.47 Å². The van der Waals surface area contributed by atoms with Crippen LogP contribution in [0.4, 0.5) is 0 Å². The molecule has 1 fully saturated rings. The van der Waals surface area contributed by atoms with E-state index in [2.05, 4.69) is 53.8 Å². The van der Waals surface area contributed by atoms with Crippen molar-refractivity contribution < 1.29 is 9.47 Å². The summed E-state index contributed by atoms with van der Waals surface area (Å²) in [5, 5.41) is 1.54. The second-order valence-corrected chi connectivity index (χ2v) is 11.9. The third kappa shape index (κ3) is 4.87. The smallest absolute Gasteiger partial charge is 0.104 e. The van der Waals surface area contributed by atoms with Crippen LogP contribution >= 0.6 is 0 Å². The minimum absolute atomic E-state index is 0.186. The molecule has 1 saturated heterocycles. The van der Waals surface area contributed by atoms with Gasteiger partial charge in [0.25, 0.3) is 0 Å². The summed E-state index contributed by atoms with van der Waals surface area (Å²) < 4.78 is 11.5. The minimum atomic E-state index is -1.43. The van der Waals surface area contributed by atoms with Gasteiger partial charge in [-0.3, -0.25) is 0 Å². The number of hydrogen-bond donors (Lipinski definition) is 0. The Bertz CT molecular complexity index is 363. The summed E-state index contributed by atoms with van der Waals surface area (Å²) in [5.41, 5.74) is 1.03. The maximum absolute atomic E-state index is 6.21. The van der Waals surface area contributed by atoms with Crippen LogP contribution in [0.5, 0.6) is 0 Å². The Kier molecular flexibility index (Phi) is 6.23. The average Bonchev–Trinajstić information content (AvgIpc) is 3.19. The Morgan fingerprint density at radius 3 is 2.35 bits per heavy atom. The van der Waals surface area contributed by atoms with Crippen LogP contribution < -0.4 is 0 Å². The third-order valence-corrected chi connectivity index (χ3v) is 9.77. The van der Waals surface area contributed by atoms with Gasteiger partial charge >= 0.3 is 0 Å². The topological polar surface area (TPSA) is 21.8 Å². The van der Waals surface area contributed by atoms with Gasteiger partial charge in [-0.15, -0.1) is 0 Å². The molecule has 0 bridgehead atoms. The first-order valence-corrected chi connectivity index (χ1v) is 10.8. The highest BCUT2D eigenvalue weighted by molar-refractivity contribution is 6.85. The highest BCUT2D eigenvalue weighted by atomic mass is 28.3. The first kappa shape index (κ1) is 17.7. The number of epoxide rings is 1. The summed E-state index contributed by atoms with van der Waals surface area (Å²) in [7, 11) is -1.43. The van der Waals surface area contributed by atoms with Gasteiger partial charge in [-0.1, -0.05) is 55.9 Å². The minimum Gasteiger partial charge on any atom is -0.371 e. The Balaban J connectivity index is 2.94. The fourth-order valence-electron chi connectivity index (χ4n) is 2.67. The van der Waals surface area contributed by atoms with Gasteiger partial charge in [0.15, 0.2) is 0 Å². The fourth-order valence-corrected chi connectivity index (χ4v) is 6.05. The van der Waals surface area contributed by atoms with Crippen molar-refractivity contribution in [2.24, 2.45) is 0 Å². The predicted octanol–water partition coefficient (Wildman–Crippen LogP) is 4.73. The lowest BCUT2D eigenvalue weighted by molar-refractivity contribution is 0.00636. The molecule has 1 heterocycles. The fraction of sp³-hybridized carbons (Fsp3) is 0.765. The van der Waals surface area contributed by atoms with Gasteiger partial charge in [-0.2, -0.15) is 0 Å². The lowest BCUT2D eigenvalue weighted by Crippen LogP contribution is -2.44. The molecule has 1 aliphatic heterocycles. The molecule has 3 heteroatoms. The van der Waals surface area contributed by atoms with Crippen molar-refractivity contribution in [1.82, 2.24) is 0 Å². The summed E-state index contributed by atoms with van der Waals surface area (Å²) in [6.45, 7) is 19.3. The van der Waals surface area contributed by atoms with Crippen molar-refractivity contribution in [2.75, 3.05) is 13.2 Å². The lowest BCUT2D eigenvalue weighted by atomic mass is 10.1. The molecule has 0 saturated carbocycles. The van der Waals surface area contributed by atoms with Crippen molar-refractivity contribution >= 4 is 8.07 Å². The van der Waals surface area contributed by atoms with Crippen molar-refractivity contribution in [2.45, 2.75) is 71.4 Å². The van der Waals surface area contributed by atoms with Crippen molar-refractivity contribution in [1.29, 1.82) is 0 Å². The summed E-state index contributed by atoms with van der Waals surface area (Å²) in [6.07, 6.45) is 3.69. The van der Waals surface area contributed by atoms with Crippen molar-refractivity contribution in [3.8, 4) is 0 Å². The summed E-state index contributed by atoms with van der Waals surface area (Å²) in [5.74, 6) is 0. The zero-order valence-electron chi connectivity index (χ0n) is 14.2. The number of allylic oxidation sites excluding steroid dienone is 2. The van der Waals surface area contributed by atoms with Crippen LogP contribution in [0.3, 0.4) is 0 Å². The van der Waals surface area contributed by atoms with Crippen LogP contribution in [-0.2, 0) is 9.47 Å². The molecular weight excluding hydrogens is 264 g/mol. The normalized spacial score (nSPS) is 20.1. The molecule has 0 aromatic heterocycles. The first-order chi connectivity index (χ1) is 9.25.